The van der Waals surface area contributed by atoms with Crippen LogP contribution in [0.5, 0.6) is 23.0 Å². The molecule has 0 heterocycles. The monoisotopic (exact) mass is 328 g/mol. The summed E-state index contributed by atoms with van der Waals surface area (Å²) in [4.78, 5) is 12.4. The van der Waals surface area contributed by atoms with Gasteiger partial charge in [0, 0.05) is 0 Å². The van der Waals surface area contributed by atoms with Crippen LogP contribution in [0.25, 0.3) is 6.08 Å². The number of phenols is 1. The average Bonchev–Trinajstić information content (AvgIpc) is 2.60. The van der Waals surface area contributed by atoms with E-state index < -0.39 is 0 Å². The molecule has 0 spiro atoms. The number of carbonyl (C=O) groups is 1. The predicted molar refractivity (Wildman–Crippen MR) is 92.3 cm³/mol. The van der Waals surface area contributed by atoms with Crippen molar-refractivity contribution in [2.75, 3.05) is 21.3 Å². The standard InChI is InChI=1S/C19H20O5/c1-12-5-7-14(16(9-12)22-2)15(20)8-6-13-10-17(23-3)19(21)18(11-13)24-4/h5-11,21H,1-4H3. The molecule has 0 unspecified atom stereocenters. The molecule has 5 heteroatoms. The van der Waals surface area contributed by atoms with Crippen molar-refractivity contribution < 1.29 is 24.1 Å². The first-order valence-electron chi connectivity index (χ1n) is 7.32. The molecule has 0 fully saturated rings. The highest BCUT2D eigenvalue weighted by Crippen LogP contribution is 2.37. The molecule has 2 rings (SSSR count). The molecule has 0 aromatic heterocycles. The number of carbonyl (C=O) groups excluding carboxylic acids is 1. The summed E-state index contributed by atoms with van der Waals surface area (Å²) >= 11 is 0. The summed E-state index contributed by atoms with van der Waals surface area (Å²) in [7, 11) is 4.43. The number of ketones is 1. The number of phenolic OH excluding ortho intramolecular Hbond substituents is 1. The van der Waals surface area contributed by atoms with E-state index in [1.165, 1.54) is 27.4 Å². The summed E-state index contributed by atoms with van der Waals surface area (Å²) in [5.74, 6) is 0.816. The number of allylic oxidation sites excluding steroid dienone is 1. The molecule has 0 atom stereocenters. The van der Waals surface area contributed by atoms with Crippen LogP contribution in [-0.2, 0) is 0 Å². The van der Waals surface area contributed by atoms with Gasteiger partial charge >= 0.3 is 0 Å². The third kappa shape index (κ3) is 3.68. The fraction of sp³-hybridized carbons (Fsp3) is 0.211. The maximum atomic E-state index is 12.4. The summed E-state index contributed by atoms with van der Waals surface area (Å²) in [5, 5.41) is 9.91. The molecule has 0 saturated heterocycles. The molecule has 0 bridgehead atoms. The number of methoxy groups -OCH3 is 3. The number of hydrogen-bond acceptors (Lipinski definition) is 5. The molecule has 0 amide bonds. The predicted octanol–water partition coefficient (Wildman–Crippen LogP) is 3.62. The molecule has 0 radical (unpaired) electrons. The van der Waals surface area contributed by atoms with Gasteiger partial charge in [-0.2, -0.15) is 0 Å². The summed E-state index contributed by atoms with van der Waals surface area (Å²) in [6.45, 7) is 1.93. The average molecular weight is 328 g/mol. The Bertz CT molecular complexity index is 752. The minimum absolute atomic E-state index is 0.0799. The first kappa shape index (κ1) is 17.4. The van der Waals surface area contributed by atoms with Crippen molar-refractivity contribution >= 4 is 11.9 Å². The number of ether oxygens (including phenoxy) is 3. The van der Waals surface area contributed by atoms with Crippen molar-refractivity contribution in [2.24, 2.45) is 0 Å². The first-order chi connectivity index (χ1) is 11.5. The van der Waals surface area contributed by atoms with Crippen LogP contribution < -0.4 is 14.2 Å². The highest BCUT2D eigenvalue weighted by Gasteiger charge is 2.12. The maximum absolute atomic E-state index is 12.4. The number of benzene rings is 2. The first-order valence-corrected chi connectivity index (χ1v) is 7.32. The van der Waals surface area contributed by atoms with Crippen molar-refractivity contribution in [3.8, 4) is 23.0 Å². The number of rotatable bonds is 6. The molecule has 2 aromatic rings. The van der Waals surface area contributed by atoms with Crippen LogP contribution in [-0.4, -0.2) is 32.2 Å². The second kappa shape index (κ2) is 7.55. The Hall–Kier alpha value is -2.95. The van der Waals surface area contributed by atoms with E-state index in [1.807, 2.05) is 19.1 Å². The lowest BCUT2D eigenvalue weighted by Gasteiger charge is -2.09. The highest BCUT2D eigenvalue weighted by atomic mass is 16.5. The quantitative estimate of drug-likeness (QED) is 0.648. The fourth-order valence-electron chi connectivity index (χ4n) is 2.27. The number of aryl methyl sites for hydroxylation is 1. The summed E-state index contributed by atoms with van der Waals surface area (Å²) in [6, 6.07) is 8.64. The lowest BCUT2D eigenvalue weighted by atomic mass is 10.1. The summed E-state index contributed by atoms with van der Waals surface area (Å²) < 4.78 is 15.5. The maximum Gasteiger partial charge on any atom is 0.200 e. The largest absolute Gasteiger partial charge is 0.502 e. The smallest absolute Gasteiger partial charge is 0.200 e. The minimum atomic E-state index is -0.183. The number of aromatic hydroxyl groups is 1. The zero-order valence-corrected chi connectivity index (χ0v) is 14.1. The van der Waals surface area contributed by atoms with Crippen LogP contribution in [0.15, 0.2) is 36.4 Å². The third-order valence-corrected chi connectivity index (χ3v) is 3.55. The third-order valence-electron chi connectivity index (χ3n) is 3.55. The highest BCUT2D eigenvalue weighted by molar-refractivity contribution is 6.08. The Morgan fingerprint density at radius 3 is 2.08 bits per heavy atom. The molecule has 2 aromatic carbocycles. The Kier molecular flexibility index (Phi) is 5.47. The van der Waals surface area contributed by atoms with Gasteiger partial charge in [-0.3, -0.25) is 4.79 Å². The van der Waals surface area contributed by atoms with E-state index in [9.17, 15) is 9.90 Å². The zero-order valence-electron chi connectivity index (χ0n) is 14.1. The van der Waals surface area contributed by atoms with Gasteiger partial charge < -0.3 is 19.3 Å². The molecule has 126 valence electrons. The van der Waals surface area contributed by atoms with Crippen molar-refractivity contribution in [1.82, 2.24) is 0 Å². The SMILES string of the molecule is COc1cc(C)ccc1C(=O)C=Cc1cc(OC)c(O)c(OC)c1. The van der Waals surface area contributed by atoms with E-state index >= 15 is 0 Å². The van der Waals surface area contributed by atoms with Crippen LogP contribution in [0.1, 0.15) is 21.5 Å². The van der Waals surface area contributed by atoms with Gasteiger partial charge in [-0.25, -0.2) is 0 Å². The molecule has 0 aliphatic heterocycles. The van der Waals surface area contributed by atoms with E-state index in [4.69, 9.17) is 14.2 Å². The molecule has 0 aliphatic rings. The van der Waals surface area contributed by atoms with Gasteiger partial charge in [0.2, 0.25) is 5.75 Å². The van der Waals surface area contributed by atoms with Crippen molar-refractivity contribution in [3.05, 3.63) is 53.1 Å². The molecular weight excluding hydrogens is 308 g/mol. The van der Waals surface area contributed by atoms with E-state index in [0.717, 1.165) is 5.56 Å². The molecule has 0 saturated carbocycles. The molecule has 1 N–H and O–H groups in total. The van der Waals surface area contributed by atoms with Gasteiger partial charge in [0.15, 0.2) is 17.3 Å². The number of hydrogen-bond donors (Lipinski definition) is 1. The summed E-state index contributed by atoms with van der Waals surface area (Å²) in [6.07, 6.45) is 3.07. The Morgan fingerprint density at radius 1 is 0.958 bits per heavy atom. The molecule has 5 nitrogen and oxygen atoms in total. The van der Waals surface area contributed by atoms with E-state index in [1.54, 1.807) is 24.3 Å². The van der Waals surface area contributed by atoms with Crippen molar-refractivity contribution in [2.45, 2.75) is 6.92 Å². The van der Waals surface area contributed by atoms with Gasteiger partial charge in [-0.15, -0.1) is 0 Å². The molecule has 24 heavy (non-hydrogen) atoms. The zero-order chi connectivity index (χ0) is 17.7. The normalized spacial score (nSPS) is 10.7. The lowest BCUT2D eigenvalue weighted by molar-refractivity contribution is 0.104. The van der Waals surface area contributed by atoms with Crippen molar-refractivity contribution in [3.63, 3.8) is 0 Å². The Morgan fingerprint density at radius 2 is 1.54 bits per heavy atom. The van der Waals surface area contributed by atoms with Gasteiger partial charge in [0.05, 0.1) is 26.9 Å². The van der Waals surface area contributed by atoms with Crippen LogP contribution in [0.3, 0.4) is 0 Å². The van der Waals surface area contributed by atoms with Gasteiger partial charge in [-0.1, -0.05) is 12.1 Å². The van der Waals surface area contributed by atoms with E-state index in [2.05, 4.69) is 0 Å². The van der Waals surface area contributed by atoms with Gasteiger partial charge in [0.25, 0.3) is 0 Å². The topological polar surface area (TPSA) is 65.0 Å². The van der Waals surface area contributed by atoms with E-state index in [-0.39, 0.29) is 23.0 Å². The van der Waals surface area contributed by atoms with Crippen molar-refractivity contribution in [1.29, 1.82) is 0 Å². The van der Waals surface area contributed by atoms with Crippen LogP contribution in [0.2, 0.25) is 0 Å². The summed E-state index contributed by atoms with van der Waals surface area (Å²) in [5.41, 5.74) is 2.17. The van der Waals surface area contributed by atoms with Gasteiger partial charge in [0.1, 0.15) is 5.75 Å². The lowest BCUT2D eigenvalue weighted by Crippen LogP contribution is -1.99. The second-order valence-corrected chi connectivity index (χ2v) is 5.18. The van der Waals surface area contributed by atoms with Gasteiger partial charge in [-0.05, 0) is 48.4 Å². The van der Waals surface area contributed by atoms with Crippen LogP contribution >= 0.6 is 0 Å². The van der Waals surface area contributed by atoms with Crippen LogP contribution in [0, 0.1) is 6.92 Å². The van der Waals surface area contributed by atoms with E-state index in [0.29, 0.717) is 16.9 Å². The molecular formula is C19H20O5. The fourth-order valence-corrected chi connectivity index (χ4v) is 2.27. The minimum Gasteiger partial charge on any atom is -0.502 e. The molecule has 0 aliphatic carbocycles. The second-order valence-electron chi connectivity index (χ2n) is 5.18. The van der Waals surface area contributed by atoms with Crippen LogP contribution in [0.4, 0.5) is 0 Å². The Labute approximate surface area is 141 Å². The Balaban J connectivity index is 2.32.